The summed E-state index contributed by atoms with van der Waals surface area (Å²) in [4.78, 5) is 14.1. The van der Waals surface area contributed by atoms with Crippen molar-refractivity contribution in [2.24, 2.45) is 0 Å². The number of halogens is 3. The highest BCUT2D eigenvalue weighted by Crippen LogP contribution is 2.19. The van der Waals surface area contributed by atoms with Gasteiger partial charge in [-0.15, -0.1) is 0 Å². The van der Waals surface area contributed by atoms with Gasteiger partial charge in [0.1, 0.15) is 0 Å². The number of likely N-dealkylation sites (tertiary alicyclic amines) is 1. The lowest BCUT2D eigenvalue weighted by atomic mass is 10.1. The van der Waals surface area contributed by atoms with Crippen LogP contribution >= 0.6 is 15.9 Å². The molecule has 18 heavy (non-hydrogen) atoms. The van der Waals surface area contributed by atoms with Gasteiger partial charge in [0, 0.05) is 23.5 Å². The van der Waals surface area contributed by atoms with Crippen molar-refractivity contribution in [3.63, 3.8) is 0 Å². The van der Waals surface area contributed by atoms with Crippen LogP contribution in [0.4, 0.5) is 8.78 Å². The predicted molar refractivity (Wildman–Crippen MR) is 68.6 cm³/mol. The molecule has 0 aliphatic carbocycles. The van der Waals surface area contributed by atoms with Crippen molar-refractivity contribution < 1.29 is 13.6 Å². The molecule has 1 aliphatic heterocycles. The van der Waals surface area contributed by atoms with Crippen LogP contribution in [0.1, 0.15) is 18.4 Å². The summed E-state index contributed by atoms with van der Waals surface area (Å²) in [5.74, 6) is -1.96. The molecule has 5 heteroatoms. The molecule has 1 aliphatic rings. The third-order valence-corrected chi connectivity index (χ3v) is 4.07. The van der Waals surface area contributed by atoms with E-state index in [2.05, 4.69) is 15.9 Å². The van der Waals surface area contributed by atoms with Gasteiger partial charge in [-0.25, -0.2) is 8.78 Å². The second kappa shape index (κ2) is 5.78. The molecule has 0 atom stereocenters. The Morgan fingerprint density at radius 2 is 2.00 bits per heavy atom. The maximum absolute atomic E-state index is 13.4. The van der Waals surface area contributed by atoms with Crippen LogP contribution in [0.15, 0.2) is 18.2 Å². The molecule has 0 aromatic heterocycles. The maximum Gasteiger partial charge on any atom is 0.227 e. The molecule has 1 heterocycles. The van der Waals surface area contributed by atoms with E-state index in [1.54, 1.807) is 4.90 Å². The molecule has 0 unspecified atom stereocenters. The Bertz CT molecular complexity index is 445. The van der Waals surface area contributed by atoms with Gasteiger partial charge in [0.2, 0.25) is 5.91 Å². The van der Waals surface area contributed by atoms with Crippen molar-refractivity contribution in [3.8, 4) is 0 Å². The smallest absolute Gasteiger partial charge is 0.227 e. The van der Waals surface area contributed by atoms with Gasteiger partial charge in [-0.2, -0.15) is 0 Å². The minimum atomic E-state index is -0.916. The SMILES string of the molecule is O=C(Cc1cccc(F)c1F)N1CCC(Br)CC1. The molecule has 0 saturated carbocycles. The van der Waals surface area contributed by atoms with E-state index in [0.29, 0.717) is 17.9 Å². The van der Waals surface area contributed by atoms with Crippen molar-refractivity contribution in [1.82, 2.24) is 4.90 Å². The summed E-state index contributed by atoms with van der Waals surface area (Å²) in [7, 11) is 0. The molecule has 0 N–H and O–H groups in total. The minimum Gasteiger partial charge on any atom is -0.342 e. The number of hydrogen-bond acceptors (Lipinski definition) is 1. The first-order valence-electron chi connectivity index (χ1n) is 5.92. The Kier molecular flexibility index (Phi) is 4.32. The summed E-state index contributed by atoms with van der Waals surface area (Å²) >= 11 is 3.51. The summed E-state index contributed by atoms with van der Waals surface area (Å²) in [5, 5.41) is 0. The molecule has 98 valence electrons. The third-order valence-electron chi connectivity index (χ3n) is 3.15. The Morgan fingerprint density at radius 3 is 2.67 bits per heavy atom. The average molecular weight is 318 g/mol. The van der Waals surface area contributed by atoms with E-state index in [4.69, 9.17) is 0 Å². The van der Waals surface area contributed by atoms with E-state index in [0.717, 1.165) is 18.9 Å². The summed E-state index contributed by atoms with van der Waals surface area (Å²) in [6, 6.07) is 3.93. The first kappa shape index (κ1) is 13.5. The molecule has 2 nitrogen and oxygen atoms in total. The van der Waals surface area contributed by atoms with E-state index in [1.807, 2.05) is 0 Å². The minimum absolute atomic E-state index is 0.0729. The number of amides is 1. The number of hydrogen-bond donors (Lipinski definition) is 0. The fourth-order valence-corrected chi connectivity index (χ4v) is 2.47. The number of nitrogens with zero attached hydrogens (tertiary/aromatic N) is 1. The summed E-state index contributed by atoms with van der Waals surface area (Å²) in [5.41, 5.74) is 0.126. The van der Waals surface area contributed by atoms with Gasteiger partial charge in [0.25, 0.3) is 0 Å². The van der Waals surface area contributed by atoms with E-state index in [-0.39, 0.29) is 17.9 Å². The first-order chi connectivity index (χ1) is 8.58. The topological polar surface area (TPSA) is 20.3 Å². The highest BCUT2D eigenvalue weighted by molar-refractivity contribution is 9.09. The largest absolute Gasteiger partial charge is 0.342 e. The Labute approximate surface area is 113 Å². The standard InChI is InChI=1S/C13H14BrF2NO/c14-10-4-6-17(7-5-10)12(18)8-9-2-1-3-11(15)13(9)16/h1-3,10H,4-8H2. The zero-order valence-electron chi connectivity index (χ0n) is 9.83. The fraction of sp³-hybridized carbons (Fsp3) is 0.462. The Hall–Kier alpha value is -0.970. The van der Waals surface area contributed by atoms with Crippen molar-refractivity contribution in [2.45, 2.75) is 24.1 Å². The number of benzene rings is 1. The molecule has 0 spiro atoms. The zero-order valence-corrected chi connectivity index (χ0v) is 11.4. The first-order valence-corrected chi connectivity index (χ1v) is 6.84. The van der Waals surface area contributed by atoms with Crippen molar-refractivity contribution >= 4 is 21.8 Å². The zero-order chi connectivity index (χ0) is 13.1. The van der Waals surface area contributed by atoms with Gasteiger partial charge in [-0.3, -0.25) is 4.79 Å². The van der Waals surface area contributed by atoms with Gasteiger partial charge < -0.3 is 4.90 Å². The van der Waals surface area contributed by atoms with Crippen LogP contribution in [-0.2, 0) is 11.2 Å². The lowest BCUT2D eigenvalue weighted by Crippen LogP contribution is -2.39. The molecule has 1 aromatic rings. The van der Waals surface area contributed by atoms with Crippen molar-refractivity contribution in [3.05, 3.63) is 35.4 Å². The summed E-state index contributed by atoms with van der Waals surface area (Å²) < 4.78 is 26.5. The van der Waals surface area contributed by atoms with Crippen LogP contribution in [0.2, 0.25) is 0 Å². The normalized spacial score (nSPS) is 16.9. The second-order valence-corrected chi connectivity index (χ2v) is 5.74. The predicted octanol–water partition coefficient (Wildman–Crippen LogP) is 2.89. The summed E-state index contributed by atoms with van der Waals surface area (Å²) in [6.07, 6.45) is 1.73. The lowest BCUT2D eigenvalue weighted by Gasteiger charge is -2.29. The van der Waals surface area contributed by atoms with Crippen molar-refractivity contribution in [1.29, 1.82) is 0 Å². The number of rotatable bonds is 2. The molecule has 1 fully saturated rings. The van der Waals surface area contributed by atoms with Gasteiger partial charge in [0.05, 0.1) is 6.42 Å². The average Bonchev–Trinajstić information content (AvgIpc) is 2.36. The van der Waals surface area contributed by atoms with Gasteiger partial charge in [0.15, 0.2) is 11.6 Å². The molecule has 1 aromatic carbocycles. The molecule has 0 radical (unpaired) electrons. The number of carbonyl (C=O) groups excluding carboxylic acids is 1. The van der Waals surface area contributed by atoms with Crippen LogP contribution < -0.4 is 0 Å². The van der Waals surface area contributed by atoms with Gasteiger partial charge in [-0.05, 0) is 18.9 Å². The van der Waals surface area contributed by atoms with Gasteiger partial charge in [-0.1, -0.05) is 28.1 Å². The molecule has 1 amide bonds. The quantitative estimate of drug-likeness (QED) is 0.768. The van der Waals surface area contributed by atoms with E-state index in [9.17, 15) is 13.6 Å². The van der Waals surface area contributed by atoms with Crippen LogP contribution in [0.25, 0.3) is 0 Å². The van der Waals surface area contributed by atoms with Crippen LogP contribution in [0, 0.1) is 11.6 Å². The lowest BCUT2D eigenvalue weighted by molar-refractivity contribution is -0.131. The van der Waals surface area contributed by atoms with E-state index in [1.165, 1.54) is 12.1 Å². The molecule has 1 saturated heterocycles. The Balaban J connectivity index is 2.01. The van der Waals surface area contributed by atoms with Crippen LogP contribution in [-0.4, -0.2) is 28.7 Å². The highest BCUT2D eigenvalue weighted by Gasteiger charge is 2.22. The fourth-order valence-electron chi connectivity index (χ4n) is 2.06. The summed E-state index contributed by atoms with van der Waals surface area (Å²) in [6.45, 7) is 1.34. The number of alkyl halides is 1. The Morgan fingerprint density at radius 1 is 1.33 bits per heavy atom. The second-order valence-electron chi connectivity index (χ2n) is 4.45. The molecule has 0 bridgehead atoms. The van der Waals surface area contributed by atoms with E-state index >= 15 is 0 Å². The number of carbonyl (C=O) groups is 1. The molecular formula is C13H14BrF2NO. The van der Waals surface area contributed by atoms with Gasteiger partial charge >= 0.3 is 0 Å². The van der Waals surface area contributed by atoms with Crippen molar-refractivity contribution in [2.75, 3.05) is 13.1 Å². The third kappa shape index (κ3) is 3.07. The maximum atomic E-state index is 13.4. The highest BCUT2D eigenvalue weighted by atomic mass is 79.9. The van der Waals surface area contributed by atoms with Crippen LogP contribution in [0.3, 0.4) is 0 Å². The molecule has 2 rings (SSSR count). The van der Waals surface area contributed by atoms with Crippen LogP contribution in [0.5, 0.6) is 0 Å². The molecular weight excluding hydrogens is 304 g/mol. The monoisotopic (exact) mass is 317 g/mol. The number of piperidine rings is 1. The van der Waals surface area contributed by atoms with E-state index < -0.39 is 11.6 Å².